The molecule has 164 valence electrons. The fourth-order valence-corrected chi connectivity index (χ4v) is 4.36. The van der Waals surface area contributed by atoms with Gasteiger partial charge in [0.15, 0.2) is 5.79 Å². The highest BCUT2D eigenvalue weighted by atomic mass is 19.1. The molecule has 2 aliphatic rings. The van der Waals surface area contributed by atoms with Crippen LogP contribution >= 0.6 is 0 Å². The molecule has 1 fully saturated rings. The first kappa shape index (κ1) is 21.5. The first-order valence-electron chi connectivity index (χ1n) is 10.9. The minimum absolute atomic E-state index is 0.229. The molecule has 1 atom stereocenters. The summed E-state index contributed by atoms with van der Waals surface area (Å²) in [5.74, 6) is 0.333. The van der Waals surface area contributed by atoms with Gasteiger partial charge in [-0.25, -0.2) is 4.39 Å². The molecule has 31 heavy (non-hydrogen) atoms. The highest BCUT2D eigenvalue weighted by Gasteiger charge is 2.38. The van der Waals surface area contributed by atoms with Crippen LogP contribution in [0.2, 0.25) is 0 Å². The van der Waals surface area contributed by atoms with Gasteiger partial charge in [-0.05, 0) is 61.1 Å². The first-order chi connectivity index (χ1) is 14.9. The lowest BCUT2D eigenvalue weighted by Crippen LogP contribution is -2.60. The van der Waals surface area contributed by atoms with E-state index in [4.69, 9.17) is 5.73 Å². The monoisotopic (exact) mass is 422 g/mol. The molecule has 0 amide bonds. The van der Waals surface area contributed by atoms with Gasteiger partial charge in [0.2, 0.25) is 0 Å². The molecule has 0 spiro atoms. The normalized spacial score (nSPS) is 25.6. The Morgan fingerprint density at radius 2 is 1.87 bits per heavy atom. The van der Waals surface area contributed by atoms with E-state index >= 15 is 0 Å². The molecule has 1 unspecified atom stereocenters. The number of allylic oxidation sites excluding steroid dienone is 1. The van der Waals surface area contributed by atoms with E-state index in [9.17, 15) is 4.39 Å². The zero-order chi connectivity index (χ0) is 21.8. The van der Waals surface area contributed by atoms with Gasteiger partial charge in [-0.3, -0.25) is 15.7 Å². The van der Waals surface area contributed by atoms with E-state index in [2.05, 4.69) is 26.7 Å². The van der Waals surface area contributed by atoms with Crippen molar-refractivity contribution in [1.82, 2.24) is 20.5 Å². The largest absolute Gasteiger partial charge is 0.364 e. The number of nitrogens with zero attached hydrogens (tertiary/aromatic N) is 3. The predicted octanol–water partition coefficient (Wildman–Crippen LogP) is 3.23. The Balaban J connectivity index is 1.30. The van der Waals surface area contributed by atoms with E-state index in [1.54, 1.807) is 12.1 Å². The minimum atomic E-state index is -0.729. The standard InChI is InChI=1S/C24H31FN6/c1-31(2)23-11-12-29-24(26,30-23)20-5-9-22(10-6-20)28-15-17-13-19(16-27-14-17)18-3-7-21(25)8-4-18/h3-4,7-8,11-14,16,20,22,28,30H,5-6,9-10,15,26H2,1-2H3. The lowest BCUT2D eigenvalue weighted by atomic mass is 9.81. The summed E-state index contributed by atoms with van der Waals surface area (Å²) in [5, 5.41) is 7.08. The van der Waals surface area contributed by atoms with Crippen molar-refractivity contribution >= 4 is 6.21 Å². The summed E-state index contributed by atoms with van der Waals surface area (Å²) in [5.41, 5.74) is 9.72. The number of pyridine rings is 1. The van der Waals surface area contributed by atoms with Crippen LogP contribution in [0.1, 0.15) is 31.2 Å². The summed E-state index contributed by atoms with van der Waals surface area (Å²) in [7, 11) is 4.00. The Bertz CT molecular complexity index is 947. The molecule has 2 aromatic rings. The van der Waals surface area contributed by atoms with E-state index in [0.29, 0.717) is 12.0 Å². The Kier molecular flexibility index (Phi) is 6.34. The lowest BCUT2D eigenvalue weighted by molar-refractivity contribution is 0.155. The Labute approximate surface area is 183 Å². The van der Waals surface area contributed by atoms with Gasteiger partial charge in [-0.2, -0.15) is 0 Å². The summed E-state index contributed by atoms with van der Waals surface area (Å²) in [6.07, 6.45) is 11.6. The highest BCUT2D eigenvalue weighted by Crippen LogP contribution is 2.33. The van der Waals surface area contributed by atoms with E-state index < -0.39 is 5.79 Å². The number of benzene rings is 1. The van der Waals surface area contributed by atoms with Crippen LogP contribution in [0.4, 0.5) is 4.39 Å². The minimum Gasteiger partial charge on any atom is -0.364 e. The zero-order valence-electron chi connectivity index (χ0n) is 18.2. The van der Waals surface area contributed by atoms with E-state index in [1.807, 2.05) is 43.7 Å². The van der Waals surface area contributed by atoms with Gasteiger partial charge in [0.05, 0.1) is 0 Å². The van der Waals surface area contributed by atoms with Gasteiger partial charge < -0.3 is 15.5 Å². The maximum atomic E-state index is 13.2. The van der Waals surface area contributed by atoms with Crippen LogP contribution in [0.25, 0.3) is 11.1 Å². The van der Waals surface area contributed by atoms with E-state index in [-0.39, 0.29) is 5.82 Å². The number of hydrogen-bond acceptors (Lipinski definition) is 6. The quantitative estimate of drug-likeness (QED) is 0.666. The third kappa shape index (κ3) is 5.11. The zero-order valence-corrected chi connectivity index (χ0v) is 18.2. The van der Waals surface area contributed by atoms with Gasteiger partial charge in [-0.15, -0.1) is 0 Å². The molecule has 1 aromatic carbocycles. The molecular weight excluding hydrogens is 391 g/mol. The van der Waals surface area contributed by atoms with Gasteiger partial charge in [0.25, 0.3) is 0 Å². The number of aromatic nitrogens is 1. The third-order valence-electron chi connectivity index (χ3n) is 6.25. The molecule has 1 aliphatic carbocycles. The van der Waals surface area contributed by atoms with Crippen LogP contribution in [0.3, 0.4) is 0 Å². The second kappa shape index (κ2) is 9.16. The Morgan fingerprint density at radius 3 is 2.58 bits per heavy atom. The van der Waals surface area contributed by atoms with Crippen molar-refractivity contribution in [3.63, 3.8) is 0 Å². The number of nitrogens with two attached hydrogens (primary N) is 1. The second-order valence-corrected chi connectivity index (χ2v) is 8.69. The van der Waals surface area contributed by atoms with Crippen LogP contribution in [0, 0.1) is 11.7 Å². The van der Waals surface area contributed by atoms with Crippen LogP contribution in [-0.2, 0) is 6.54 Å². The van der Waals surface area contributed by atoms with Gasteiger partial charge in [0, 0.05) is 56.8 Å². The second-order valence-electron chi connectivity index (χ2n) is 8.69. The van der Waals surface area contributed by atoms with Gasteiger partial charge in [-0.1, -0.05) is 12.1 Å². The van der Waals surface area contributed by atoms with Gasteiger partial charge in [0.1, 0.15) is 11.6 Å². The van der Waals surface area contributed by atoms with E-state index in [1.165, 1.54) is 12.1 Å². The molecule has 6 nitrogen and oxygen atoms in total. The van der Waals surface area contributed by atoms with Crippen molar-refractivity contribution in [2.45, 2.75) is 44.1 Å². The molecule has 0 radical (unpaired) electrons. The first-order valence-corrected chi connectivity index (χ1v) is 10.9. The average molecular weight is 423 g/mol. The number of hydrogen-bond donors (Lipinski definition) is 3. The smallest absolute Gasteiger partial charge is 0.186 e. The molecule has 2 heterocycles. The summed E-state index contributed by atoms with van der Waals surface area (Å²) < 4.78 is 13.2. The molecular formula is C24H31FN6. The number of halogens is 1. The molecule has 4 N–H and O–H groups in total. The van der Waals surface area contributed by atoms with Crippen LogP contribution in [-0.4, -0.2) is 42.0 Å². The molecule has 1 aromatic heterocycles. The van der Waals surface area contributed by atoms with Crippen molar-refractivity contribution < 1.29 is 4.39 Å². The SMILES string of the molecule is CN(C)C1=CC=NC(N)(C2CCC(NCc3cncc(-c4ccc(F)cc4)c3)CC2)N1. The summed E-state index contributed by atoms with van der Waals surface area (Å²) >= 11 is 0. The Morgan fingerprint density at radius 1 is 1.13 bits per heavy atom. The van der Waals surface area contributed by atoms with E-state index in [0.717, 1.165) is 54.7 Å². The molecule has 1 aliphatic heterocycles. The fourth-order valence-electron chi connectivity index (χ4n) is 4.36. The maximum absolute atomic E-state index is 13.2. The Hall–Kier alpha value is -2.77. The fraction of sp³-hybridized carbons (Fsp3) is 0.417. The van der Waals surface area contributed by atoms with Crippen molar-refractivity contribution in [1.29, 1.82) is 0 Å². The van der Waals surface area contributed by atoms with Crippen molar-refractivity contribution in [3.8, 4) is 11.1 Å². The summed E-state index contributed by atoms with van der Waals surface area (Å²) in [6.45, 7) is 0.759. The highest BCUT2D eigenvalue weighted by molar-refractivity contribution is 5.73. The molecule has 7 heteroatoms. The number of nitrogens with one attached hydrogen (secondary N) is 2. The number of rotatable bonds is 6. The molecule has 1 saturated carbocycles. The maximum Gasteiger partial charge on any atom is 0.186 e. The predicted molar refractivity (Wildman–Crippen MR) is 123 cm³/mol. The number of aliphatic imine (C=N–C) groups is 1. The van der Waals surface area contributed by atoms with Crippen LogP contribution in [0.5, 0.6) is 0 Å². The molecule has 0 bridgehead atoms. The summed E-state index contributed by atoms with van der Waals surface area (Å²) in [6, 6.07) is 9.09. The molecule has 0 saturated heterocycles. The summed E-state index contributed by atoms with van der Waals surface area (Å²) in [4.78, 5) is 11.0. The van der Waals surface area contributed by atoms with Crippen molar-refractivity contribution in [2.75, 3.05) is 14.1 Å². The lowest BCUT2D eigenvalue weighted by Gasteiger charge is -2.42. The third-order valence-corrected chi connectivity index (χ3v) is 6.25. The average Bonchev–Trinajstić information content (AvgIpc) is 2.79. The van der Waals surface area contributed by atoms with Gasteiger partial charge >= 0.3 is 0 Å². The van der Waals surface area contributed by atoms with Crippen molar-refractivity contribution in [2.24, 2.45) is 16.6 Å². The van der Waals surface area contributed by atoms with Crippen LogP contribution < -0.4 is 16.4 Å². The van der Waals surface area contributed by atoms with Crippen LogP contribution in [0.15, 0.2) is 59.6 Å². The van der Waals surface area contributed by atoms with Crippen molar-refractivity contribution in [3.05, 3.63) is 66.0 Å². The molecule has 4 rings (SSSR count). The topological polar surface area (TPSA) is 78.6 Å².